The van der Waals surface area contributed by atoms with Crippen molar-refractivity contribution in [3.05, 3.63) is 28.2 Å². The Labute approximate surface area is 163 Å². The molecule has 4 rings (SSSR count). The minimum atomic E-state index is -1.22. The van der Waals surface area contributed by atoms with Crippen LogP contribution >= 0.6 is 15.9 Å². The van der Waals surface area contributed by atoms with E-state index in [1.807, 2.05) is 12.1 Å². The minimum Gasteiger partial charge on any atom is -0.477 e. The van der Waals surface area contributed by atoms with Crippen LogP contribution in [0.15, 0.2) is 22.7 Å². The van der Waals surface area contributed by atoms with Crippen LogP contribution in [0.3, 0.4) is 0 Å². The van der Waals surface area contributed by atoms with E-state index in [0.717, 1.165) is 35.7 Å². The fourth-order valence-electron chi connectivity index (χ4n) is 5.42. The van der Waals surface area contributed by atoms with Crippen LogP contribution in [0.2, 0.25) is 0 Å². The van der Waals surface area contributed by atoms with Crippen LogP contribution in [0.25, 0.3) is 0 Å². The van der Waals surface area contributed by atoms with Gasteiger partial charge in [0, 0.05) is 10.0 Å². The number of carbonyl (C=O) groups is 1. The molecule has 2 saturated carbocycles. The quantitative estimate of drug-likeness (QED) is 0.685. The Kier molecular flexibility index (Phi) is 5.29. The highest BCUT2D eigenvalue weighted by Crippen LogP contribution is 2.56. The monoisotopic (exact) mass is 422 g/mol. The second-order valence-electron chi connectivity index (χ2n) is 8.01. The fraction of sp³-hybridized carbons (Fsp3) is 0.667. The van der Waals surface area contributed by atoms with Crippen molar-refractivity contribution in [2.24, 2.45) is 11.8 Å². The van der Waals surface area contributed by atoms with Crippen LogP contribution in [-0.4, -0.2) is 17.4 Å². The summed E-state index contributed by atoms with van der Waals surface area (Å²) in [7, 11) is 0. The van der Waals surface area contributed by atoms with Crippen LogP contribution in [0.1, 0.15) is 69.8 Å². The summed E-state index contributed by atoms with van der Waals surface area (Å²) in [5.41, 5.74) is 0.518. The number of carboxylic acids is 1. The second-order valence-corrected chi connectivity index (χ2v) is 8.92. The summed E-state index contributed by atoms with van der Waals surface area (Å²) in [6.45, 7) is 0. The first-order chi connectivity index (χ1) is 12.6. The molecule has 2 fully saturated rings. The number of hydrogen-bond acceptors (Lipinski definition) is 3. The summed E-state index contributed by atoms with van der Waals surface area (Å²) < 4.78 is 13.2. The number of benzene rings is 1. The molecule has 1 aromatic rings. The molecule has 1 unspecified atom stereocenters. The summed E-state index contributed by atoms with van der Waals surface area (Å²) in [6.07, 6.45) is 10.5. The molecule has 0 aromatic heterocycles. The van der Waals surface area contributed by atoms with E-state index in [9.17, 15) is 9.90 Å². The van der Waals surface area contributed by atoms with Gasteiger partial charge in [0.1, 0.15) is 11.4 Å². The molecule has 1 aromatic carbocycles. The van der Waals surface area contributed by atoms with Crippen molar-refractivity contribution in [2.45, 2.75) is 76.1 Å². The largest absolute Gasteiger partial charge is 0.477 e. The van der Waals surface area contributed by atoms with Gasteiger partial charge in [0.15, 0.2) is 0 Å². The third-order valence-corrected chi connectivity index (χ3v) is 7.02. The van der Waals surface area contributed by atoms with E-state index in [1.54, 1.807) is 0 Å². The lowest BCUT2D eigenvalue weighted by Crippen LogP contribution is -2.54. The number of fused-ring (bicyclic) bond motifs is 1. The Morgan fingerprint density at radius 1 is 1.00 bits per heavy atom. The topological polar surface area (TPSA) is 55.8 Å². The predicted octanol–water partition coefficient (Wildman–Crippen LogP) is 5.62. The van der Waals surface area contributed by atoms with Gasteiger partial charge in [-0.1, -0.05) is 54.5 Å². The highest BCUT2D eigenvalue weighted by atomic mass is 79.9. The first kappa shape index (κ1) is 18.3. The standard InChI is InChI=1S/C21H27BrO4/c22-16-11-12-18-17(13-16)21(14-7-3-1-4-8-14,15-9-5-2-6-10-15)26-20(25-18)19(23)24/h11-15,20H,1-10H2,(H,23,24). The summed E-state index contributed by atoms with van der Waals surface area (Å²) >= 11 is 3.61. The average molecular weight is 423 g/mol. The Morgan fingerprint density at radius 2 is 1.58 bits per heavy atom. The zero-order valence-electron chi connectivity index (χ0n) is 15.1. The molecule has 5 heteroatoms. The van der Waals surface area contributed by atoms with Crippen molar-refractivity contribution in [2.75, 3.05) is 0 Å². The number of halogens is 1. The number of ether oxygens (including phenoxy) is 2. The molecule has 0 radical (unpaired) electrons. The molecule has 0 saturated heterocycles. The van der Waals surface area contributed by atoms with E-state index in [0.29, 0.717) is 17.6 Å². The highest BCUT2D eigenvalue weighted by molar-refractivity contribution is 9.10. The van der Waals surface area contributed by atoms with Crippen LogP contribution in [0.4, 0.5) is 0 Å². The molecule has 142 valence electrons. The normalized spacial score (nSPS) is 26.7. The molecule has 26 heavy (non-hydrogen) atoms. The predicted molar refractivity (Wildman–Crippen MR) is 102 cm³/mol. The van der Waals surface area contributed by atoms with E-state index in [1.165, 1.54) is 38.5 Å². The summed E-state index contributed by atoms with van der Waals surface area (Å²) in [6, 6.07) is 5.93. The molecule has 0 amide bonds. The zero-order valence-corrected chi connectivity index (χ0v) is 16.7. The van der Waals surface area contributed by atoms with Crippen molar-refractivity contribution >= 4 is 21.9 Å². The molecule has 1 aliphatic heterocycles. The lowest BCUT2D eigenvalue weighted by Gasteiger charge is -2.52. The molecule has 0 spiro atoms. The molecule has 1 atom stereocenters. The van der Waals surface area contributed by atoms with Crippen LogP contribution in [-0.2, 0) is 15.1 Å². The zero-order chi connectivity index (χ0) is 18.1. The van der Waals surface area contributed by atoms with Crippen LogP contribution in [0, 0.1) is 11.8 Å². The first-order valence-electron chi connectivity index (χ1n) is 9.98. The van der Waals surface area contributed by atoms with Gasteiger partial charge in [0.05, 0.1) is 0 Å². The molecule has 1 N–H and O–H groups in total. The molecule has 2 aliphatic carbocycles. The van der Waals surface area contributed by atoms with Crippen molar-refractivity contribution in [3.63, 3.8) is 0 Å². The maximum absolute atomic E-state index is 11.8. The molecule has 0 bridgehead atoms. The van der Waals surface area contributed by atoms with Gasteiger partial charge in [-0.15, -0.1) is 0 Å². The molecule has 1 heterocycles. The van der Waals surface area contributed by atoms with Gasteiger partial charge < -0.3 is 14.6 Å². The lowest BCUT2D eigenvalue weighted by molar-refractivity contribution is -0.252. The first-order valence-corrected chi connectivity index (χ1v) is 10.8. The van der Waals surface area contributed by atoms with Crippen molar-refractivity contribution in [1.29, 1.82) is 0 Å². The van der Waals surface area contributed by atoms with E-state index in [4.69, 9.17) is 9.47 Å². The van der Waals surface area contributed by atoms with Gasteiger partial charge in [0.2, 0.25) is 0 Å². The average Bonchev–Trinajstić information content (AvgIpc) is 2.68. The van der Waals surface area contributed by atoms with Gasteiger partial charge in [-0.25, -0.2) is 4.79 Å². The third-order valence-electron chi connectivity index (χ3n) is 6.52. The Hall–Kier alpha value is -1.07. The lowest BCUT2D eigenvalue weighted by atomic mass is 9.63. The van der Waals surface area contributed by atoms with Crippen molar-refractivity contribution in [3.8, 4) is 5.75 Å². The van der Waals surface area contributed by atoms with E-state index in [-0.39, 0.29) is 0 Å². The van der Waals surface area contributed by atoms with Gasteiger partial charge in [0.25, 0.3) is 6.29 Å². The van der Waals surface area contributed by atoms with Crippen molar-refractivity contribution in [1.82, 2.24) is 0 Å². The summed E-state index contributed by atoms with van der Waals surface area (Å²) in [5.74, 6) is 0.369. The fourth-order valence-corrected chi connectivity index (χ4v) is 5.78. The van der Waals surface area contributed by atoms with Gasteiger partial charge >= 0.3 is 5.97 Å². The maximum Gasteiger partial charge on any atom is 0.373 e. The van der Waals surface area contributed by atoms with Crippen molar-refractivity contribution < 1.29 is 19.4 Å². The Bertz CT molecular complexity index is 644. The van der Waals surface area contributed by atoms with Gasteiger partial charge in [-0.3, -0.25) is 0 Å². The summed E-state index contributed by atoms with van der Waals surface area (Å²) in [4.78, 5) is 11.8. The third kappa shape index (κ3) is 3.18. The molecule has 4 nitrogen and oxygen atoms in total. The van der Waals surface area contributed by atoms with E-state index in [2.05, 4.69) is 22.0 Å². The Balaban J connectivity index is 1.86. The second kappa shape index (κ2) is 7.51. The summed E-state index contributed by atoms with van der Waals surface area (Å²) in [5, 5.41) is 9.69. The van der Waals surface area contributed by atoms with Crippen LogP contribution < -0.4 is 4.74 Å². The molecular weight excluding hydrogens is 396 g/mol. The van der Waals surface area contributed by atoms with Gasteiger partial charge in [-0.2, -0.15) is 0 Å². The minimum absolute atomic E-state index is 0.359. The molecule has 3 aliphatic rings. The molecular formula is C21H27BrO4. The highest BCUT2D eigenvalue weighted by Gasteiger charge is 2.54. The number of hydrogen-bond donors (Lipinski definition) is 1. The van der Waals surface area contributed by atoms with Crippen LogP contribution in [0.5, 0.6) is 5.75 Å². The SMILES string of the molecule is O=C(O)C1Oc2ccc(Br)cc2C(C2CCCCC2)(C2CCCCC2)O1. The van der Waals surface area contributed by atoms with E-state index < -0.39 is 17.9 Å². The smallest absolute Gasteiger partial charge is 0.373 e. The number of carboxylic acid groups (broad SMARTS) is 1. The Morgan fingerprint density at radius 3 is 2.12 bits per heavy atom. The number of aliphatic carboxylic acids is 1. The van der Waals surface area contributed by atoms with Gasteiger partial charge in [-0.05, 0) is 55.7 Å². The number of rotatable bonds is 3. The van der Waals surface area contributed by atoms with E-state index >= 15 is 0 Å². The maximum atomic E-state index is 11.8.